The summed E-state index contributed by atoms with van der Waals surface area (Å²) in [7, 11) is 0. The highest BCUT2D eigenvalue weighted by atomic mass is 19.4. The molecule has 2 unspecified atom stereocenters. The summed E-state index contributed by atoms with van der Waals surface area (Å²) in [6, 6.07) is 5.34. The van der Waals surface area contributed by atoms with Gasteiger partial charge in [-0.1, -0.05) is 38.5 Å². The summed E-state index contributed by atoms with van der Waals surface area (Å²) in [5.41, 5.74) is 5.20. The molecule has 0 saturated heterocycles. The van der Waals surface area contributed by atoms with Crippen molar-refractivity contribution in [1.82, 2.24) is 5.32 Å². The molecule has 2 rings (SSSR count). The minimum atomic E-state index is -4.37. The molecule has 0 heterocycles. The maximum absolute atomic E-state index is 12.9. The van der Waals surface area contributed by atoms with Gasteiger partial charge in [-0.15, -0.1) is 0 Å². The van der Waals surface area contributed by atoms with Gasteiger partial charge in [-0.05, 0) is 30.9 Å². The fourth-order valence-electron chi connectivity index (χ4n) is 3.14. The predicted octanol–water partition coefficient (Wildman–Crippen LogP) is 3.62. The summed E-state index contributed by atoms with van der Waals surface area (Å²) in [5, 5.41) is 2.89. The van der Waals surface area contributed by atoms with Crippen molar-refractivity contribution in [2.24, 2.45) is 11.7 Å². The maximum Gasteiger partial charge on any atom is 0.416 e. The first-order valence-corrected chi connectivity index (χ1v) is 8.30. The minimum Gasteiger partial charge on any atom is -0.355 e. The molecule has 1 aromatic carbocycles. The summed E-state index contributed by atoms with van der Waals surface area (Å²) < 4.78 is 38.6. The third-order valence-corrected chi connectivity index (χ3v) is 4.76. The van der Waals surface area contributed by atoms with Gasteiger partial charge in [-0.25, -0.2) is 0 Å². The van der Waals surface area contributed by atoms with Crippen molar-refractivity contribution < 1.29 is 18.0 Å². The van der Waals surface area contributed by atoms with Crippen LogP contribution in [0, 0.1) is 5.92 Å². The molecule has 134 valence electrons. The lowest BCUT2D eigenvalue weighted by Gasteiger charge is -2.29. The monoisotopic (exact) mass is 342 g/mol. The molecule has 1 amide bonds. The highest BCUT2D eigenvalue weighted by Gasteiger charge is 2.33. The molecule has 1 aromatic rings. The number of rotatable bonds is 4. The van der Waals surface area contributed by atoms with E-state index in [1.807, 2.05) is 13.8 Å². The lowest BCUT2D eigenvalue weighted by molar-refractivity contribution is -0.137. The number of hydrogen-bond donors (Lipinski definition) is 2. The summed E-state index contributed by atoms with van der Waals surface area (Å²) in [4.78, 5) is 12.3. The zero-order valence-corrected chi connectivity index (χ0v) is 14.1. The van der Waals surface area contributed by atoms with Crippen LogP contribution in [0.4, 0.5) is 13.2 Å². The average Bonchev–Trinajstić information content (AvgIpc) is 2.52. The van der Waals surface area contributed by atoms with Gasteiger partial charge in [0.25, 0.3) is 0 Å². The van der Waals surface area contributed by atoms with Gasteiger partial charge in [-0.2, -0.15) is 13.2 Å². The molecular weight excluding hydrogens is 317 g/mol. The van der Waals surface area contributed by atoms with E-state index < -0.39 is 17.2 Å². The Bertz CT molecular complexity index is 584. The Morgan fingerprint density at radius 1 is 1.25 bits per heavy atom. The van der Waals surface area contributed by atoms with Crippen molar-refractivity contribution >= 4 is 5.91 Å². The zero-order chi connectivity index (χ0) is 18.0. The number of benzene rings is 1. The average molecular weight is 342 g/mol. The van der Waals surface area contributed by atoms with Gasteiger partial charge in [0.05, 0.1) is 5.56 Å². The molecule has 1 fully saturated rings. The van der Waals surface area contributed by atoms with E-state index >= 15 is 0 Å². The standard InChI is InChI=1S/C18H25F3N2O/c1-17(2,13-6-4-7-14(10-13)18(19,20)21)11-23-16(24)12-5-3-8-15(22)9-12/h4,6-7,10,12,15H,3,5,8-9,11,22H2,1-2H3,(H,23,24). The van der Waals surface area contributed by atoms with E-state index in [1.165, 1.54) is 6.07 Å². The Kier molecular flexibility index (Phi) is 5.58. The van der Waals surface area contributed by atoms with Crippen LogP contribution in [0.2, 0.25) is 0 Å². The number of nitrogens with two attached hydrogens (primary N) is 1. The minimum absolute atomic E-state index is 0.0507. The largest absolute Gasteiger partial charge is 0.416 e. The van der Waals surface area contributed by atoms with E-state index in [0.29, 0.717) is 18.5 Å². The van der Waals surface area contributed by atoms with Crippen molar-refractivity contribution in [3.8, 4) is 0 Å². The zero-order valence-electron chi connectivity index (χ0n) is 14.1. The molecule has 1 saturated carbocycles. The van der Waals surface area contributed by atoms with Gasteiger partial charge in [-0.3, -0.25) is 4.79 Å². The third-order valence-electron chi connectivity index (χ3n) is 4.76. The van der Waals surface area contributed by atoms with Crippen LogP contribution in [0.25, 0.3) is 0 Å². The third kappa shape index (κ3) is 4.72. The van der Waals surface area contributed by atoms with Crippen LogP contribution in [0.1, 0.15) is 50.7 Å². The van der Waals surface area contributed by atoms with Gasteiger partial charge in [0, 0.05) is 23.9 Å². The molecule has 3 N–H and O–H groups in total. The van der Waals surface area contributed by atoms with Crippen LogP contribution in [0.3, 0.4) is 0 Å². The van der Waals surface area contributed by atoms with Crippen molar-refractivity contribution in [2.45, 2.75) is 57.2 Å². The summed E-state index contributed by atoms with van der Waals surface area (Å²) in [6.45, 7) is 3.95. The van der Waals surface area contributed by atoms with E-state index in [0.717, 1.165) is 31.4 Å². The van der Waals surface area contributed by atoms with E-state index in [9.17, 15) is 18.0 Å². The fourth-order valence-corrected chi connectivity index (χ4v) is 3.14. The Morgan fingerprint density at radius 2 is 1.92 bits per heavy atom. The van der Waals surface area contributed by atoms with Crippen molar-refractivity contribution in [3.05, 3.63) is 35.4 Å². The van der Waals surface area contributed by atoms with Gasteiger partial charge >= 0.3 is 6.18 Å². The quantitative estimate of drug-likeness (QED) is 0.878. The Morgan fingerprint density at radius 3 is 2.54 bits per heavy atom. The number of carbonyl (C=O) groups is 1. The van der Waals surface area contributed by atoms with Crippen LogP contribution in [-0.2, 0) is 16.4 Å². The molecule has 6 heteroatoms. The van der Waals surface area contributed by atoms with Crippen LogP contribution >= 0.6 is 0 Å². The van der Waals surface area contributed by atoms with Gasteiger partial charge < -0.3 is 11.1 Å². The molecule has 0 radical (unpaired) electrons. The topological polar surface area (TPSA) is 55.1 Å². The molecule has 0 aromatic heterocycles. The first kappa shape index (κ1) is 18.8. The predicted molar refractivity (Wildman–Crippen MR) is 87.4 cm³/mol. The van der Waals surface area contributed by atoms with Crippen LogP contribution in [0.5, 0.6) is 0 Å². The summed E-state index contributed by atoms with van der Waals surface area (Å²) >= 11 is 0. The molecule has 0 spiro atoms. The van der Waals surface area contributed by atoms with Crippen molar-refractivity contribution in [2.75, 3.05) is 6.54 Å². The molecule has 0 bridgehead atoms. The van der Waals surface area contributed by atoms with E-state index in [1.54, 1.807) is 6.07 Å². The molecule has 24 heavy (non-hydrogen) atoms. The second kappa shape index (κ2) is 7.13. The second-order valence-electron chi connectivity index (χ2n) is 7.30. The number of halogens is 3. The van der Waals surface area contributed by atoms with Crippen molar-refractivity contribution in [1.29, 1.82) is 0 Å². The first-order valence-electron chi connectivity index (χ1n) is 8.30. The highest BCUT2D eigenvalue weighted by molar-refractivity contribution is 5.78. The highest BCUT2D eigenvalue weighted by Crippen LogP contribution is 2.32. The summed E-state index contributed by atoms with van der Waals surface area (Å²) in [5.74, 6) is -0.142. The smallest absolute Gasteiger partial charge is 0.355 e. The van der Waals surface area contributed by atoms with Crippen LogP contribution < -0.4 is 11.1 Å². The number of carbonyl (C=O) groups excluding carboxylic acids is 1. The Balaban J connectivity index is 2.02. The number of nitrogens with one attached hydrogen (secondary N) is 1. The first-order chi connectivity index (χ1) is 11.1. The normalized spacial score (nSPS) is 22.2. The molecule has 1 aliphatic rings. The molecule has 3 nitrogen and oxygen atoms in total. The fraction of sp³-hybridized carbons (Fsp3) is 0.611. The lowest BCUT2D eigenvalue weighted by atomic mass is 9.82. The number of alkyl halides is 3. The number of amides is 1. The molecular formula is C18H25F3N2O. The molecule has 2 atom stereocenters. The van der Waals surface area contributed by atoms with Crippen LogP contribution in [-0.4, -0.2) is 18.5 Å². The lowest BCUT2D eigenvalue weighted by Crippen LogP contribution is -2.42. The molecule has 0 aliphatic heterocycles. The Hall–Kier alpha value is -1.56. The summed E-state index contributed by atoms with van der Waals surface area (Å²) in [6.07, 6.45) is -0.983. The van der Waals surface area contributed by atoms with Gasteiger partial charge in [0.15, 0.2) is 0 Å². The van der Waals surface area contributed by atoms with E-state index in [-0.39, 0.29) is 17.9 Å². The maximum atomic E-state index is 12.9. The number of hydrogen-bond acceptors (Lipinski definition) is 2. The second-order valence-corrected chi connectivity index (χ2v) is 7.30. The van der Waals surface area contributed by atoms with Crippen LogP contribution in [0.15, 0.2) is 24.3 Å². The van der Waals surface area contributed by atoms with E-state index in [2.05, 4.69) is 5.32 Å². The van der Waals surface area contributed by atoms with Gasteiger partial charge in [0.2, 0.25) is 5.91 Å². The SMILES string of the molecule is CC(C)(CNC(=O)C1CCCC(N)C1)c1cccc(C(F)(F)F)c1. The van der Waals surface area contributed by atoms with E-state index in [4.69, 9.17) is 5.73 Å². The van der Waals surface area contributed by atoms with Crippen molar-refractivity contribution in [3.63, 3.8) is 0 Å². The molecule has 1 aliphatic carbocycles. The van der Waals surface area contributed by atoms with Gasteiger partial charge in [0.1, 0.15) is 0 Å². The Labute approximate surface area is 140 Å².